The lowest BCUT2D eigenvalue weighted by Gasteiger charge is -2.12. The molecule has 15 heteroatoms. The molecule has 0 aromatic heterocycles. The van der Waals surface area contributed by atoms with Crippen molar-refractivity contribution in [1.29, 1.82) is 0 Å². The lowest BCUT2D eigenvalue weighted by atomic mass is 10.2. The van der Waals surface area contributed by atoms with E-state index in [2.05, 4.69) is 15.6 Å². The van der Waals surface area contributed by atoms with Crippen molar-refractivity contribution in [3.8, 4) is 0 Å². The molecule has 0 unspecified atom stereocenters. The van der Waals surface area contributed by atoms with Crippen molar-refractivity contribution in [3.05, 3.63) is 87.7 Å². The molecule has 35 heavy (non-hydrogen) atoms. The quantitative estimate of drug-likeness (QED) is 0.255. The van der Waals surface area contributed by atoms with Gasteiger partial charge in [-0.1, -0.05) is 0 Å². The van der Waals surface area contributed by atoms with Crippen molar-refractivity contribution < 1.29 is 30.9 Å². The van der Waals surface area contributed by atoms with Crippen LogP contribution in [0, 0.1) is 22.9 Å². The van der Waals surface area contributed by atoms with E-state index in [0.717, 1.165) is 36.4 Å². The van der Waals surface area contributed by atoms with Gasteiger partial charge in [-0.3, -0.25) is 30.5 Å². The number of hydrazine groups is 1. The van der Waals surface area contributed by atoms with Crippen LogP contribution in [-0.2, 0) is 20.0 Å². The number of halogens is 1. The maximum atomic E-state index is 13.3. The number of carbonyl (C=O) groups excluding carboxylic acids is 1. The third kappa shape index (κ3) is 6.08. The summed E-state index contributed by atoms with van der Waals surface area (Å²) in [6.45, 7) is 1.45. The number of rotatable bonds is 8. The van der Waals surface area contributed by atoms with Gasteiger partial charge in [-0.15, -0.1) is 0 Å². The van der Waals surface area contributed by atoms with Gasteiger partial charge in [0.15, 0.2) is 0 Å². The van der Waals surface area contributed by atoms with Crippen molar-refractivity contribution in [2.24, 2.45) is 5.14 Å². The number of nitro benzene ring substituents is 1. The van der Waals surface area contributed by atoms with E-state index in [4.69, 9.17) is 5.14 Å². The number of hydrogen-bond acceptors (Lipinski definition) is 8. The molecule has 0 heterocycles. The van der Waals surface area contributed by atoms with Crippen molar-refractivity contribution in [2.45, 2.75) is 16.7 Å². The molecule has 0 aliphatic heterocycles. The van der Waals surface area contributed by atoms with E-state index >= 15 is 0 Å². The van der Waals surface area contributed by atoms with Gasteiger partial charge in [-0.25, -0.2) is 26.4 Å². The van der Waals surface area contributed by atoms with Gasteiger partial charge in [0.05, 0.1) is 14.7 Å². The van der Waals surface area contributed by atoms with Crippen LogP contribution in [0.3, 0.4) is 0 Å². The molecule has 184 valence electrons. The maximum absolute atomic E-state index is 13.3. The molecule has 0 fully saturated rings. The van der Waals surface area contributed by atoms with Crippen LogP contribution in [0.1, 0.15) is 15.9 Å². The number of primary sulfonamides is 1. The van der Waals surface area contributed by atoms with Gasteiger partial charge in [-0.05, 0) is 67.1 Å². The first-order chi connectivity index (χ1) is 16.3. The second kappa shape index (κ2) is 9.65. The number of hydrogen-bond donors (Lipinski definition) is 4. The molecule has 1 amide bonds. The fraction of sp³-hybridized carbons (Fsp3) is 0.0500. The van der Waals surface area contributed by atoms with E-state index in [1.54, 1.807) is 0 Å². The number of aryl methyl sites for hydroxylation is 1. The Balaban J connectivity index is 1.72. The Morgan fingerprint density at radius 1 is 1.00 bits per heavy atom. The average Bonchev–Trinajstić information content (AvgIpc) is 2.76. The number of nitrogens with two attached hydrogens (primary N) is 1. The molecular formula is C20H18FN5O7S2. The Hall–Kier alpha value is -4.08. The molecule has 0 aliphatic rings. The minimum Gasteiger partial charge on any atom is -0.292 e. The zero-order chi connectivity index (χ0) is 26.0. The molecule has 3 rings (SSSR count). The van der Waals surface area contributed by atoms with Crippen LogP contribution < -0.4 is 20.7 Å². The molecule has 0 aliphatic carbocycles. The van der Waals surface area contributed by atoms with Gasteiger partial charge in [0.2, 0.25) is 10.0 Å². The molecule has 0 radical (unpaired) electrons. The van der Waals surface area contributed by atoms with Crippen molar-refractivity contribution in [2.75, 3.05) is 10.1 Å². The predicted molar refractivity (Wildman–Crippen MR) is 124 cm³/mol. The van der Waals surface area contributed by atoms with E-state index in [0.29, 0.717) is 0 Å². The average molecular weight is 524 g/mol. The van der Waals surface area contributed by atoms with Gasteiger partial charge in [0.25, 0.3) is 21.6 Å². The number of carbonyl (C=O) groups is 1. The summed E-state index contributed by atoms with van der Waals surface area (Å²) < 4.78 is 63.5. The third-order valence-corrected chi connectivity index (χ3v) is 7.08. The zero-order valence-electron chi connectivity index (χ0n) is 17.9. The highest BCUT2D eigenvalue weighted by Crippen LogP contribution is 2.26. The number of anilines is 2. The molecule has 3 aromatic rings. The van der Waals surface area contributed by atoms with E-state index in [-0.39, 0.29) is 27.4 Å². The molecule has 0 atom stereocenters. The summed E-state index contributed by atoms with van der Waals surface area (Å²) in [6.07, 6.45) is 0. The number of nitrogens with zero attached hydrogens (tertiary/aromatic N) is 1. The minimum absolute atomic E-state index is 0.0715. The van der Waals surface area contributed by atoms with Crippen LogP contribution in [0.5, 0.6) is 0 Å². The van der Waals surface area contributed by atoms with Crippen molar-refractivity contribution in [3.63, 3.8) is 0 Å². The molecule has 0 saturated heterocycles. The fourth-order valence-corrected chi connectivity index (χ4v) is 4.78. The highest BCUT2D eigenvalue weighted by Gasteiger charge is 2.20. The number of nitrogens with one attached hydrogen (secondary N) is 3. The van der Waals surface area contributed by atoms with Gasteiger partial charge in [0, 0.05) is 17.3 Å². The van der Waals surface area contributed by atoms with Crippen molar-refractivity contribution >= 4 is 43.0 Å². The van der Waals surface area contributed by atoms with E-state index in [9.17, 15) is 36.1 Å². The normalized spacial score (nSPS) is 11.5. The van der Waals surface area contributed by atoms with Gasteiger partial charge in [-0.2, -0.15) is 0 Å². The summed E-state index contributed by atoms with van der Waals surface area (Å²) in [5, 5.41) is 16.2. The molecular weight excluding hydrogens is 505 g/mol. The first-order valence-corrected chi connectivity index (χ1v) is 12.6. The monoisotopic (exact) mass is 523 g/mol. The zero-order valence-corrected chi connectivity index (χ0v) is 19.5. The molecule has 0 spiro atoms. The van der Waals surface area contributed by atoms with Crippen LogP contribution in [0.2, 0.25) is 0 Å². The molecule has 3 aromatic carbocycles. The Kier molecular flexibility index (Phi) is 7.04. The summed E-state index contributed by atoms with van der Waals surface area (Å²) >= 11 is 0. The van der Waals surface area contributed by atoms with Crippen LogP contribution in [0.25, 0.3) is 0 Å². The van der Waals surface area contributed by atoms with E-state index < -0.39 is 47.3 Å². The van der Waals surface area contributed by atoms with Gasteiger partial charge < -0.3 is 0 Å². The highest BCUT2D eigenvalue weighted by molar-refractivity contribution is 7.92. The second-order valence-electron chi connectivity index (χ2n) is 7.15. The third-order valence-electron chi connectivity index (χ3n) is 4.63. The van der Waals surface area contributed by atoms with Crippen molar-refractivity contribution in [1.82, 2.24) is 5.43 Å². The topological polar surface area (TPSA) is 191 Å². The predicted octanol–water partition coefficient (Wildman–Crippen LogP) is 2.25. The number of amides is 1. The SMILES string of the molecule is Cc1cc(F)ccc1S(=O)(=O)Nc1ccc(C(=O)NNc2ccc(S(N)(=O)=O)cc2[N+](=O)[O-])cc1. The molecule has 12 nitrogen and oxygen atoms in total. The number of sulfonamides is 2. The largest absolute Gasteiger partial charge is 0.295 e. The highest BCUT2D eigenvalue weighted by atomic mass is 32.2. The van der Waals surface area contributed by atoms with Crippen LogP contribution >= 0.6 is 0 Å². The Labute approximate surface area is 199 Å². The summed E-state index contributed by atoms with van der Waals surface area (Å²) in [5.74, 6) is -1.30. The summed E-state index contributed by atoms with van der Waals surface area (Å²) in [5.41, 5.74) is 4.14. The lowest BCUT2D eigenvalue weighted by molar-refractivity contribution is -0.384. The van der Waals surface area contributed by atoms with Gasteiger partial charge in [0.1, 0.15) is 11.5 Å². The fourth-order valence-electron chi connectivity index (χ4n) is 2.96. The summed E-state index contributed by atoms with van der Waals surface area (Å²) in [4.78, 5) is 22.2. The first kappa shape index (κ1) is 25.5. The molecule has 0 saturated carbocycles. The Morgan fingerprint density at radius 3 is 2.23 bits per heavy atom. The number of nitro groups is 1. The smallest absolute Gasteiger partial charge is 0.292 e. The minimum atomic E-state index is -4.17. The number of benzene rings is 3. The van der Waals surface area contributed by atoms with Crippen LogP contribution in [0.15, 0.2) is 70.5 Å². The van der Waals surface area contributed by atoms with E-state index in [1.807, 2.05) is 0 Å². The Morgan fingerprint density at radius 2 is 1.66 bits per heavy atom. The standard InChI is InChI=1S/C20H18FN5O7S2/c1-12-10-14(21)4-9-19(12)35(32,33)25-15-5-2-13(3-6-15)20(27)24-23-17-8-7-16(34(22,30)31)11-18(17)26(28)29/h2-11,23,25H,1H3,(H,24,27)(H2,22,30,31). The summed E-state index contributed by atoms with van der Waals surface area (Å²) in [6, 6.07) is 11.3. The van der Waals surface area contributed by atoms with Crippen LogP contribution in [0.4, 0.5) is 21.5 Å². The van der Waals surface area contributed by atoms with Gasteiger partial charge >= 0.3 is 0 Å². The first-order valence-electron chi connectivity index (χ1n) is 9.54. The maximum Gasteiger partial charge on any atom is 0.295 e. The van der Waals surface area contributed by atoms with Crippen LogP contribution in [-0.4, -0.2) is 27.7 Å². The summed E-state index contributed by atoms with van der Waals surface area (Å²) in [7, 11) is -8.19. The molecule has 0 bridgehead atoms. The lowest BCUT2D eigenvalue weighted by Crippen LogP contribution is -2.29. The van der Waals surface area contributed by atoms with E-state index in [1.165, 1.54) is 31.2 Å². The second-order valence-corrected chi connectivity index (χ2v) is 10.4. The Bertz CT molecular complexity index is 1530. The molecule has 5 N–H and O–H groups in total.